The van der Waals surface area contributed by atoms with Crippen LogP contribution in [0.5, 0.6) is 0 Å². The molecular weight excluding hydrogens is 252 g/mol. The summed E-state index contributed by atoms with van der Waals surface area (Å²) in [6.07, 6.45) is -0.304. The van der Waals surface area contributed by atoms with Gasteiger partial charge in [0, 0.05) is 20.1 Å². The lowest BCUT2D eigenvalue weighted by molar-refractivity contribution is 0.169. The zero-order valence-corrected chi connectivity index (χ0v) is 11.5. The SMILES string of the molecule is CCN(C)S(=O)(=O)NCCC(O)c1ccccc1. The van der Waals surface area contributed by atoms with Crippen LogP contribution in [0.1, 0.15) is 25.0 Å². The summed E-state index contributed by atoms with van der Waals surface area (Å²) in [5, 5.41) is 9.86. The summed E-state index contributed by atoms with van der Waals surface area (Å²) in [5.41, 5.74) is 0.792. The van der Waals surface area contributed by atoms with Gasteiger partial charge in [-0.25, -0.2) is 4.72 Å². The Morgan fingerprint density at radius 2 is 1.94 bits per heavy atom. The van der Waals surface area contributed by atoms with Crippen molar-refractivity contribution in [1.82, 2.24) is 9.03 Å². The van der Waals surface area contributed by atoms with Crippen molar-refractivity contribution in [2.45, 2.75) is 19.4 Å². The summed E-state index contributed by atoms with van der Waals surface area (Å²) in [6.45, 7) is 2.39. The van der Waals surface area contributed by atoms with Crippen molar-refractivity contribution in [2.75, 3.05) is 20.1 Å². The summed E-state index contributed by atoms with van der Waals surface area (Å²) in [5.74, 6) is 0. The molecule has 102 valence electrons. The van der Waals surface area contributed by atoms with Gasteiger partial charge in [0.25, 0.3) is 10.2 Å². The molecule has 0 aliphatic heterocycles. The molecule has 18 heavy (non-hydrogen) atoms. The summed E-state index contributed by atoms with van der Waals surface area (Å²) in [4.78, 5) is 0. The maximum atomic E-state index is 11.6. The molecule has 0 bridgehead atoms. The quantitative estimate of drug-likeness (QED) is 0.774. The van der Waals surface area contributed by atoms with Gasteiger partial charge in [-0.2, -0.15) is 12.7 Å². The second kappa shape index (κ2) is 6.84. The molecule has 1 aromatic rings. The van der Waals surface area contributed by atoms with Gasteiger partial charge in [-0.05, 0) is 12.0 Å². The first kappa shape index (κ1) is 15.1. The minimum absolute atomic E-state index is 0.211. The van der Waals surface area contributed by atoms with Crippen molar-refractivity contribution in [1.29, 1.82) is 0 Å². The largest absolute Gasteiger partial charge is 0.388 e. The maximum absolute atomic E-state index is 11.6. The van der Waals surface area contributed by atoms with Crippen molar-refractivity contribution in [3.63, 3.8) is 0 Å². The molecule has 6 heteroatoms. The highest BCUT2D eigenvalue weighted by Crippen LogP contribution is 2.15. The Balaban J connectivity index is 2.43. The van der Waals surface area contributed by atoms with E-state index in [-0.39, 0.29) is 6.54 Å². The number of nitrogens with one attached hydrogen (secondary N) is 1. The molecule has 0 amide bonds. The molecule has 0 saturated carbocycles. The third-order valence-corrected chi connectivity index (χ3v) is 4.39. The summed E-state index contributed by atoms with van der Waals surface area (Å²) >= 11 is 0. The number of aliphatic hydroxyl groups is 1. The second-order valence-electron chi connectivity index (χ2n) is 4.03. The molecule has 0 aromatic heterocycles. The predicted molar refractivity (Wildman–Crippen MR) is 71.2 cm³/mol. The van der Waals surface area contributed by atoms with E-state index in [2.05, 4.69) is 4.72 Å². The molecular formula is C12H20N2O3S. The summed E-state index contributed by atoms with van der Waals surface area (Å²) in [6, 6.07) is 9.19. The number of hydrogen-bond donors (Lipinski definition) is 2. The van der Waals surface area contributed by atoms with Crippen LogP contribution in [0.3, 0.4) is 0 Å². The number of benzene rings is 1. The van der Waals surface area contributed by atoms with E-state index in [4.69, 9.17) is 0 Å². The van der Waals surface area contributed by atoms with Gasteiger partial charge in [0.1, 0.15) is 0 Å². The van der Waals surface area contributed by atoms with Crippen molar-refractivity contribution in [2.24, 2.45) is 0 Å². The minimum atomic E-state index is -3.42. The molecule has 0 heterocycles. The molecule has 0 aliphatic rings. The van der Waals surface area contributed by atoms with E-state index in [1.54, 1.807) is 6.92 Å². The molecule has 0 fully saturated rings. The van der Waals surface area contributed by atoms with Gasteiger partial charge in [0.15, 0.2) is 0 Å². The van der Waals surface area contributed by atoms with Gasteiger partial charge >= 0.3 is 0 Å². The van der Waals surface area contributed by atoms with Gasteiger partial charge in [-0.3, -0.25) is 0 Å². The molecule has 1 rings (SSSR count). The molecule has 1 atom stereocenters. The van der Waals surface area contributed by atoms with E-state index < -0.39 is 16.3 Å². The lowest BCUT2D eigenvalue weighted by Gasteiger charge is -2.16. The first-order valence-corrected chi connectivity index (χ1v) is 7.35. The van der Waals surface area contributed by atoms with E-state index in [9.17, 15) is 13.5 Å². The van der Waals surface area contributed by atoms with Crippen molar-refractivity contribution in [3.05, 3.63) is 35.9 Å². The van der Waals surface area contributed by atoms with Crippen LogP contribution in [0.15, 0.2) is 30.3 Å². The molecule has 0 spiro atoms. The number of aliphatic hydroxyl groups excluding tert-OH is 1. The second-order valence-corrected chi connectivity index (χ2v) is 5.89. The molecule has 0 radical (unpaired) electrons. The van der Waals surface area contributed by atoms with Crippen LogP contribution in [-0.2, 0) is 10.2 Å². The van der Waals surface area contributed by atoms with E-state index in [0.29, 0.717) is 13.0 Å². The molecule has 1 aromatic carbocycles. The maximum Gasteiger partial charge on any atom is 0.279 e. The summed E-state index contributed by atoms with van der Waals surface area (Å²) < 4.78 is 26.9. The summed E-state index contributed by atoms with van der Waals surface area (Å²) in [7, 11) is -1.91. The van der Waals surface area contributed by atoms with Crippen LogP contribution in [-0.4, -0.2) is 38.0 Å². The van der Waals surface area contributed by atoms with Gasteiger partial charge < -0.3 is 5.11 Å². The first-order valence-electron chi connectivity index (χ1n) is 5.91. The third kappa shape index (κ3) is 4.38. The van der Waals surface area contributed by atoms with Crippen LogP contribution in [0.4, 0.5) is 0 Å². The monoisotopic (exact) mass is 272 g/mol. The average Bonchev–Trinajstić information content (AvgIpc) is 2.38. The van der Waals surface area contributed by atoms with Crippen molar-refractivity contribution >= 4 is 10.2 Å². The zero-order chi connectivity index (χ0) is 13.6. The molecule has 5 nitrogen and oxygen atoms in total. The van der Waals surface area contributed by atoms with Gasteiger partial charge in [0.2, 0.25) is 0 Å². The number of hydrogen-bond acceptors (Lipinski definition) is 3. The highest BCUT2D eigenvalue weighted by Gasteiger charge is 2.15. The molecule has 0 aliphatic carbocycles. The van der Waals surface area contributed by atoms with E-state index in [0.717, 1.165) is 5.56 Å². The van der Waals surface area contributed by atoms with Crippen LogP contribution in [0.2, 0.25) is 0 Å². The van der Waals surface area contributed by atoms with Gasteiger partial charge in [-0.15, -0.1) is 0 Å². The molecule has 2 N–H and O–H groups in total. The first-order chi connectivity index (χ1) is 8.47. The fourth-order valence-corrected chi connectivity index (χ4v) is 2.38. The van der Waals surface area contributed by atoms with Crippen molar-refractivity contribution in [3.8, 4) is 0 Å². The Kier molecular flexibility index (Phi) is 5.74. The Hall–Kier alpha value is -0.950. The molecule has 0 saturated heterocycles. The third-order valence-electron chi connectivity index (χ3n) is 2.74. The molecule has 1 unspecified atom stereocenters. The topological polar surface area (TPSA) is 69.6 Å². The Morgan fingerprint density at radius 1 is 1.33 bits per heavy atom. The van der Waals surface area contributed by atoms with E-state index in [1.807, 2.05) is 30.3 Å². The zero-order valence-electron chi connectivity index (χ0n) is 10.7. The predicted octanol–water partition coefficient (Wildman–Crippen LogP) is 0.896. The lowest BCUT2D eigenvalue weighted by Crippen LogP contribution is -2.38. The fourth-order valence-electron chi connectivity index (χ4n) is 1.45. The van der Waals surface area contributed by atoms with Crippen LogP contribution >= 0.6 is 0 Å². The Labute approximate surface area is 109 Å². The van der Waals surface area contributed by atoms with Crippen molar-refractivity contribution < 1.29 is 13.5 Å². The van der Waals surface area contributed by atoms with E-state index >= 15 is 0 Å². The number of nitrogens with zero attached hydrogens (tertiary/aromatic N) is 1. The van der Waals surface area contributed by atoms with Crippen LogP contribution in [0, 0.1) is 0 Å². The normalized spacial score (nSPS) is 13.8. The Bertz CT molecular complexity index is 448. The van der Waals surface area contributed by atoms with Crippen LogP contribution in [0.25, 0.3) is 0 Å². The highest BCUT2D eigenvalue weighted by molar-refractivity contribution is 7.87. The van der Waals surface area contributed by atoms with Crippen LogP contribution < -0.4 is 4.72 Å². The highest BCUT2D eigenvalue weighted by atomic mass is 32.2. The smallest absolute Gasteiger partial charge is 0.279 e. The Morgan fingerprint density at radius 3 is 2.50 bits per heavy atom. The van der Waals surface area contributed by atoms with Gasteiger partial charge in [-0.1, -0.05) is 37.3 Å². The van der Waals surface area contributed by atoms with Gasteiger partial charge in [0.05, 0.1) is 6.10 Å². The number of rotatable bonds is 7. The average molecular weight is 272 g/mol. The lowest BCUT2D eigenvalue weighted by atomic mass is 10.1. The fraction of sp³-hybridized carbons (Fsp3) is 0.500. The van der Waals surface area contributed by atoms with E-state index in [1.165, 1.54) is 11.4 Å². The minimum Gasteiger partial charge on any atom is -0.388 e. The standard InChI is InChI=1S/C12H20N2O3S/c1-3-14(2)18(16,17)13-10-9-12(15)11-7-5-4-6-8-11/h4-8,12-13,15H,3,9-10H2,1-2H3.